The molecule has 0 bridgehead atoms. The van der Waals surface area contributed by atoms with Crippen LogP contribution >= 0.6 is 0 Å². The van der Waals surface area contributed by atoms with Gasteiger partial charge in [0.05, 0.1) is 12.7 Å². The van der Waals surface area contributed by atoms with Crippen molar-refractivity contribution in [2.75, 3.05) is 7.11 Å². The van der Waals surface area contributed by atoms with E-state index in [1.54, 1.807) is 7.11 Å². The minimum Gasteiger partial charge on any atom is -0.496 e. The number of carbonyl (C=O) groups excluding carboxylic acids is 2. The summed E-state index contributed by atoms with van der Waals surface area (Å²) in [6.07, 6.45) is 38.6. The van der Waals surface area contributed by atoms with Crippen molar-refractivity contribution in [1.82, 2.24) is 10.6 Å². The highest BCUT2D eigenvalue weighted by molar-refractivity contribution is 5.97. The number of hydrogen-bond acceptors (Lipinski definition) is 3. The van der Waals surface area contributed by atoms with E-state index in [9.17, 15) is 9.59 Å². The molecule has 0 aromatic rings. The Morgan fingerprint density at radius 1 is 0.744 bits per heavy atom. The number of carbonyl (C=O) groups is 2. The summed E-state index contributed by atoms with van der Waals surface area (Å²) >= 11 is 0. The SMILES string of the molecule is CC/C=C\C/C=C\C/C=C\C/C=C\C/C=C\C/C=C\CCC(=O)NC(C)C(C)NC(=O)C1=CCCC=C1OC. The van der Waals surface area contributed by atoms with Crippen LogP contribution in [0.1, 0.15) is 85.0 Å². The second-order valence-corrected chi connectivity index (χ2v) is 9.54. The number of rotatable bonds is 19. The zero-order chi connectivity index (χ0) is 28.6. The zero-order valence-corrected chi connectivity index (χ0v) is 24.5. The summed E-state index contributed by atoms with van der Waals surface area (Å²) in [5.74, 6) is 0.422. The van der Waals surface area contributed by atoms with Crippen LogP contribution in [0.25, 0.3) is 0 Å². The van der Waals surface area contributed by atoms with Gasteiger partial charge in [0.2, 0.25) is 5.91 Å². The van der Waals surface area contributed by atoms with E-state index in [0.29, 0.717) is 24.2 Å². The summed E-state index contributed by atoms with van der Waals surface area (Å²) in [7, 11) is 1.57. The molecule has 0 heterocycles. The largest absolute Gasteiger partial charge is 0.496 e. The zero-order valence-electron chi connectivity index (χ0n) is 24.5. The maximum absolute atomic E-state index is 12.6. The fourth-order valence-corrected chi connectivity index (χ4v) is 3.77. The normalized spacial score (nSPS) is 16.0. The molecule has 1 rings (SSSR count). The van der Waals surface area contributed by atoms with Crippen LogP contribution in [0.15, 0.2) is 96.4 Å². The third-order valence-corrected chi connectivity index (χ3v) is 6.21. The molecule has 1 aliphatic rings. The number of nitrogens with one attached hydrogen (secondary N) is 2. The van der Waals surface area contributed by atoms with Crippen LogP contribution in [-0.4, -0.2) is 31.0 Å². The van der Waals surface area contributed by atoms with Crippen LogP contribution in [0.2, 0.25) is 0 Å². The van der Waals surface area contributed by atoms with E-state index in [0.717, 1.165) is 51.4 Å². The molecule has 5 heteroatoms. The van der Waals surface area contributed by atoms with Crippen molar-refractivity contribution in [1.29, 1.82) is 0 Å². The summed E-state index contributed by atoms with van der Waals surface area (Å²) < 4.78 is 5.30. The van der Waals surface area contributed by atoms with Crippen LogP contribution in [-0.2, 0) is 14.3 Å². The minimum atomic E-state index is -0.201. The highest BCUT2D eigenvalue weighted by Gasteiger charge is 2.22. The molecule has 0 fully saturated rings. The number of ether oxygens (including phenoxy) is 1. The first-order chi connectivity index (χ1) is 19.0. The lowest BCUT2D eigenvalue weighted by atomic mass is 10.0. The molecule has 0 aromatic heterocycles. The standard InChI is InChI=1S/C34H50N2O3/c1-5-6-7-8-9-10-11-12-13-14-15-16-17-18-19-20-21-22-23-28-33(37)35-29(2)30(3)36-34(38)31-26-24-25-27-32(31)39-4/h6-7,9-10,12-13,15-16,18-19,21-22,26-27,29-30H,5,8,11,14,17,20,23-25,28H2,1-4H3,(H,35,37)(H,36,38)/b7-6-,10-9-,13-12-,16-15-,19-18-,22-21-. The summed E-state index contributed by atoms with van der Waals surface area (Å²) in [4.78, 5) is 24.9. The van der Waals surface area contributed by atoms with E-state index in [2.05, 4.69) is 84.4 Å². The average Bonchev–Trinajstić information content (AvgIpc) is 2.94. The number of amides is 2. The molecule has 2 atom stereocenters. The van der Waals surface area contributed by atoms with Crippen LogP contribution in [0.3, 0.4) is 0 Å². The maximum Gasteiger partial charge on any atom is 0.254 e. The summed E-state index contributed by atoms with van der Waals surface area (Å²) in [5, 5.41) is 5.96. The third-order valence-electron chi connectivity index (χ3n) is 6.21. The van der Waals surface area contributed by atoms with Gasteiger partial charge < -0.3 is 15.4 Å². The molecule has 1 aliphatic carbocycles. The Morgan fingerprint density at radius 2 is 1.21 bits per heavy atom. The van der Waals surface area contributed by atoms with Gasteiger partial charge in [0.1, 0.15) is 5.76 Å². The van der Waals surface area contributed by atoms with Gasteiger partial charge in [-0.05, 0) is 77.7 Å². The van der Waals surface area contributed by atoms with Crippen molar-refractivity contribution in [2.45, 2.75) is 97.1 Å². The Labute approximate surface area is 237 Å². The maximum atomic E-state index is 12.6. The van der Waals surface area contributed by atoms with Crippen molar-refractivity contribution in [3.8, 4) is 0 Å². The van der Waals surface area contributed by atoms with Crippen LogP contribution in [0, 0.1) is 0 Å². The smallest absolute Gasteiger partial charge is 0.254 e. The van der Waals surface area contributed by atoms with Gasteiger partial charge in [0, 0.05) is 18.5 Å². The van der Waals surface area contributed by atoms with E-state index < -0.39 is 0 Å². The molecule has 0 aromatic carbocycles. The fraction of sp³-hybridized carbons (Fsp3) is 0.471. The number of methoxy groups -OCH3 is 1. The molecule has 2 amide bonds. The van der Waals surface area contributed by atoms with Gasteiger partial charge >= 0.3 is 0 Å². The second-order valence-electron chi connectivity index (χ2n) is 9.54. The quantitative estimate of drug-likeness (QED) is 0.167. The topological polar surface area (TPSA) is 67.4 Å². The van der Waals surface area contributed by atoms with Crippen molar-refractivity contribution in [3.05, 3.63) is 96.4 Å². The summed E-state index contributed by atoms with van der Waals surface area (Å²) in [6.45, 7) is 5.95. The lowest BCUT2D eigenvalue weighted by Gasteiger charge is -2.24. The predicted octanol–water partition coefficient (Wildman–Crippen LogP) is 7.72. The van der Waals surface area contributed by atoms with Gasteiger partial charge in [-0.15, -0.1) is 0 Å². The lowest BCUT2D eigenvalue weighted by Crippen LogP contribution is -2.49. The first-order valence-corrected chi connectivity index (χ1v) is 14.4. The average molecular weight is 535 g/mol. The molecule has 0 spiro atoms. The van der Waals surface area contributed by atoms with Crippen molar-refractivity contribution >= 4 is 11.8 Å². The molecule has 39 heavy (non-hydrogen) atoms. The number of hydrogen-bond donors (Lipinski definition) is 2. The predicted molar refractivity (Wildman–Crippen MR) is 165 cm³/mol. The van der Waals surface area contributed by atoms with E-state index in [4.69, 9.17) is 4.74 Å². The van der Waals surface area contributed by atoms with Gasteiger partial charge in [0.15, 0.2) is 0 Å². The van der Waals surface area contributed by atoms with Crippen molar-refractivity contribution in [3.63, 3.8) is 0 Å². The Kier molecular flexibility index (Phi) is 19.5. The van der Waals surface area contributed by atoms with Gasteiger partial charge in [-0.3, -0.25) is 9.59 Å². The van der Waals surface area contributed by atoms with E-state index in [1.165, 1.54) is 0 Å². The molecular weight excluding hydrogens is 484 g/mol. The second kappa shape index (κ2) is 22.6. The van der Waals surface area contributed by atoms with E-state index in [-0.39, 0.29) is 23.9 Å². The lowest BCUT2D eigenvalue weighted by molar-refractivity contribution is -0.123. The highest BCUT2D eigenvalue weighted by Crippen LogP contribution is 2.19. The first kappa shape index (κ1) is 33.7. The minimum absolute atomic E-state index is 0.0162. The first-order valence-electron chi connectivity index (χ1n) is 14.4. The summed E-state index contributed by atoms with van der Waals surface area (Å²) in [6, 6.07) is -0.376. The Hall–Kier alpha value is -3.34. The molecule has 0 saturated heterocycles. The van der Waals surface area contributed by atoms with Gasteiger partial charge in [-0.1, -0.05) is 85.9 Å². The molecule has 5 nitrogen and oxygen atoms in total. The molecular formula is C34H50N2O3. The molecule has 0 saturated carbocycles. The molecule has 2 N–H and O–H groups in total. The highest BCUT2D eigenvalue weighted by atomic mass is 16.5. The summed E-state index contributed by atoms with van der Waals surface area (Å²) in [5.41, 5.74) is 0.562. The van der Waals surface area contributed by atoms with Gasteiger partial charge in [0.25, 0.3) is 5.91 Å². The van der Waals surface area contributed by atoms with Crippen molar-refractivity contribution in [2.24, 2.45) is 0 Å². The Morgan fingerprint density at radius 3 is 1.72 bits per heavy atom. The fourth-order valence-electron chi connectivity index (χ4n) is 3.77. The monoisotopic (exact) mass is 534 g/mol. The van der Waals surface area contributed by atoms with E-state index >= 15 is 0 Å². The van der Waals surface area contributed by atoms with E-state index in [1.807, 2.05) is 32.1 Å². The van der Waals surface area contributed by atoms with Crippen molar-refractivity contribution < 1.29 is 14.3 Å². The Balaban J connectivity index is 2.13. The third kappa shape index (κ3) is 17.0. The van der Waals surface area contributed by atoms with Crippen LogP contribution in [0.4, 0.5) is 0 Å². The number of allylic oxidation sites excluding steroid dienone is 14. The van der Waals surface area contributed by atoms with Crippen LogP contribution < -0.4 is 10.6 Å². The van der Waals surface area contributed by atoms with Gasteiger partial charge in [-0.2, -0.15) is 0 Å². The molecule has 0 radical (unpaired) electrons. The molecule has 0 aliphatic heterocycles. The Bertz CT molecular complexity index is 947. The molecule has 2 unspecified atom stereocenters. The molecule has 214 valence electrons. The van der Waals surface area contributed by atoms with Gasteiger partial charge in [-0.25, -0.2) is 0 Å². The van der Waals surface area contributed by atoms with Crippen LogP contribution in [0.5, 0.6) is 0 Å².